The summed E-state index contributed by atoms with van der Waals surface area (Å²) in [6.45, 7) is 0. The van der Waals surface area contributed by atoms with Gasteiger partial charge in [0.2, 0.25) is 0 Å². The Morgan fingerprint density at radius 2 is 2.16 bits per heavy atom. The maximum absolute atomic E-state index is 5.84. The van der Waals surface area contributed by atoms with Crippen LogP contribution in [-0.4, -0.2) is 15.0 Å². The first kappa shape index (κ1) is 11.9. The van der Waals surface area contributed by atoms with Gasteiger partial charge in [0.25, 0.3) is 0 Å². The van der Waals surface area contributed by atoms with E-state index in [0.29, 0.717) is 17.3 Å². The smallest absolute Gasteiger partial charge is 0.153 e. The van der Waals surface area contributed by atoms with Crippen molar-refractivity contribution >= 4 is 21.7 Å². The van der Waals surface area contributed by atoms with Crippen molar-refractivity contribution in [2.45, 2.75) is 0 Å². The second kappa shape index (κ2) is 4.81. The van der Waals surface area contributed by atoms with Gasteiger partial charge >= 0.3 is 0 Å². The molecule has 0 atom stereocenters. The van der Waals surface area contributed by atoms with Crippen molar-refractivity contribution < 1.29 is 4.42 Å². The van der Waals surface area contributed by atoms with E-state index in [-0.39, 0.29) is 0 Å². The van der Waals surface area contributed by atoms with Crippen LogP contribution in [0.25, 0.3) is 22.7 Å². The number of pyridine rings is 1. The lowest BCUT2D eigenvalue weighted by atomic mass is 10.1. The largest absolute Gasteiger partial charge is 0.463 e. The molecule has 0 aliphatic heterocycles. The summed E-state index contributed by atoms with van der Waals surface area (Å²) in [5.41, 5.74) is 8.09. The van der Waals surface area contributed by atoms with Crippen molar-refractivity contribution in [1.29, 1.82) is 0 Å². The number of nitrogens with zero attached hydrogens (tertiary/aromatic N) is 3. The maximum Gasteiger partial charge on any atom is 0.153 e. The van der Waals surface area contributed by atoms with E-state index in [1.165, 1.54) is 6.33 Å². The van der Waals surface area contributed by atoms with Crippen LogP contribution in [0.4, 0.5) is 5.82 Å². The maximum atomic E-state index is 5.84. The SMILES string of the molecule is Nc1nc(-c2ccco2)c(-c2ccncn2)cc1Br. The Labute approximate surface area is 117 Å². The highest BCUT2D eigenvalue weighted by molar-refractivity contribution is 9.10. The number of furan rings is 1. The van der Waals surface area contributed by atoms with Crippen molar-refractivity contribution in [3.63, 3.8) is 0 Å². The van der Waals surface area contributed by atoms with Crippen molar-refractivity contribution in [3.05, 3.63) is 47.5 Å². The molecular weight excluding hydrogens is 308 g/mol. The zero-order valence-electron chi connectivity index (χ0n) is 9.75. The van der Waals surface area contributed by atoms with Crippen LogP contribution in [0, 0.1) is 0 Å². The van der Waals surface area contributed by atoms with Gasteiger partial charge in [-0.25, -0.2) is 15.0 Å². The number of hydrogen-bond acceptors (Lipinski definition) is 5. The van der Waals surface area contributed by atoms with Crippen LogP contribution in [-0.2, 0) is 0 Å². The number of anilines is 1. The van der Waals surface area contributed by atoms with E-state index >= 15 is 0 Å². The Hall–Kier alpha value is -2.21. The fourth-order valence-electron chi connectivity index (χ4n) is 1.75. The fourth-order valence-corrected chi connectivity index (χ4v) is 2.07. The molecule has 3 heterocycles. The van der Waals surface area contributed by atoms with Gasteiger partial charge in [0.15, 0.2) is 5.76 Å². The molecule has 0 aliphatic rings. The van der Waals surface area contributed by atoms with Gasteiger partial charge in [-0.05, 0) is 40.2 Å². The van der Waals surface area contributed by atoms with Crippen LogP contribution >= 0.6 is 15.9 Å². The number of halogens is 1. The molecule has 19 heavy (non-hydrogen) atoms. The molecule has 0 fully saturated rings. The Morgan fingerprint density at radius 3 is 2.84 bits per heavy atom. The number of rotatable bonds is 2. The van der Waals surface area contributed by atoms with E-state index in [2.05, 4.69) is 30.9 Å². The molecule has 6 heteroatoms. The lowest BCUT2D eigenvalue weighted by Crippen LogP contribution is -1.97. The average Bonchev–Trinajstić information content (AvgIpc) is 2.96. The summed E-state index contributed by atoms with van der Waals surface area (Å²) in [6, 6.07) is 7.33. The molecule has 0 saturated carbocycles. The second-order valence-corrected chi connectivity index (χ2v) is 4.68. The minimum Gasteiger partial charge on any atom is -0.463 e. The number of nitrogen functional groups attached to an aromatic ring is 1. The lowest BCUT2D eigenvalue weighted by Gasteiger charge is -2.08. The second-order valence-electron chi connectivity index (χ2n) is 3.82. The highest BCUT2D eigenvalue weighted by atomic mass is 79.9. The molecule has 0 spiro atoms. The van der Waals surface area contributed by atoms with Gasteiger partial charge in [-0.3, -0.25) is 0 Å². The van der Waals surface area contributed by atoms with Crippen LogP contribution in [0.5, 0.6) is 0 Å². The molecular formula is C13H9BrN4O. The average molecular weight is 317 g/mol. The zero-order chi connectivity index (χ0) is 13.2. The Balaban J connectivity index is 2.26. The van der Waals surface area contributed by atoms with Gasteiger partial charge in [0, 0.05) is 11.8 Å². The molecule has 0 saturated heterocycles. The van der Waals surface area contributed by atoms with E-state index in [0.717, 1.165) is 15.7 Å². The Morgan fingerprint density at radius 1 is 1.26 bits per heavy atom. The molecule has 3 aromatic rings. The number of aromatic nitrogens is 3. The molecule has 2 N–H and O–H groups in total. The highest BCUT2D eigenvalue weighted by Crippen LogP contribution is 2.33. The summed E-state index contributed by atoms with van der Waals surface area (Å²) >= 11 is 3.38. The normalized spacial score (nSPS) is 10.6. The molecule has 0 aliphatic carbocycles. The monoisotopic (exact) mass is 316 g/mol. The summed E-state index contributed by atoms with van der Waals surface area (Å²) < 4.78 is 6.12. The molecule has 0 unspecified atom stereocenters. The molecule has 0 radical (unpaired) electrons. The highest BCUT2D eigenvalue weighted by Gasteiger charge is 2.15. The van der Waals surface area contributed by atoms with Crippen LogP contribution < -0.4 is 5.73 Å². The topological polar surface area (TPSA) is 77.8 Å². The van der Waals surface area contributed by atoms with Crippen LogP contribution in [0.3, 0.4) is 0 Å². The van der Waals surface area contributed by atoms with Crippen molar-refractivity contribution in [1.82, 2.24) is 15.0 Å². The zero-order valence-corrected chi connectivity index (χ0v) is 11.3. The predicted octanol–water partition coefficient (Wildman–Crippen LogP) is 3.14. The molecule has 3 rings (SSSR count). The third-order valence-corrected chi connectivity index (χ3v) is 3.25. The predicted molar refractivity (Wildman–Crippen MR) is 75.1 cm³/mol. The summed E-state index contributed by atoms with van der Waals surface area (Å²) in [6.07, 6.45) is 4.77. The van der Waals surface area contributed by atoms with E-state index in [1.54, 1.807) is 18.5 Å². The summed E-state index contributed by atoms with van der Waals surface area (Å²) in [5.74, 6) is 1.05. The van der Waals surface area contributed by atoms with E-state index in [9.17, 15) is 0 Å². The van der Waals surface area contributed by atoms with Crippen LogP contribution in [0.15, 0.2) is 51.9 Å². The van der Waals surface area contributed by atoms with Gasteiger partial charge in [-0.2, -0.15) is 0 Å². The number of nitrogens with two attached hydrogens (primary N) is 1. The Bertz CT molecular complexity index is 698. The Kier molecular flexibility index (Phi) is 3.00. The van der Waals surface area contributed by atoms with Crippen LogP contribution in [0.1, 0.15) is 0 Å². The fraction of sp³-hybridized carbons (Fsp3) is 0. The van der Waals surface area contributed by atoms with Crippen molar-refractivity contribution in [3.8, 4) is 22.7 Å². The van der Waals surface area contributed by atoms with Crippen molar-refractivity contribution in [2.24, 2.45) is 0 Å². The third-order valence-electron chi connectivity index (χ3n) is 2.62. The minimum atomic E-state index is 0.407. The van der Waals surface area contributed by atoms with Gasteiger partial charge in [0.05, 0.1) is 16.4 Å². The van der Waals surface area contributed by atoms with Crippen LogP contribution in [0.2, 0.25) is 0 Å². The van der Waals surface area contributed by atoms with E-state index in [1.807, 2.05) is 18.2 Å². The summed E-state index contributed by atoms with van der Waals surface area (Å²) in [4.78, 5) is 12.5. The lowest BCUT2D eigenvalue weighted by molar-refractivity contribution is 0.580. The molecule has 0 bridgehead atoms. The first-order valence-corrected chi connectivity index (χ1v) is 6.31. The van der Waals surface area contributed by atoms with Gasteiger partial charge < -0.3 is 10.2 Å². The first-order chi connectivity index (χ1) is 9.25. The van der Waals surface area contributed by atoms with E-state index in [4.69, 9.17) is 10.2 Å². The van der Waals surface area contributed by atoms with Crippen molar-refractivity contribution in [2.75, 3.05) is 5.73 Å². The van der Waals surface area contributed by atoms with Gasteiger partial charge in [-0.15, -0.1) is 0 Å². The van der Waals surface area contributed by atoms with E-state index < -0.39 is 0 Å². The molecule has 0 aromatic carbocycles. The molecule has 3 aromatic heterocycles. The molecule has 0 amide bonds. The summed E-state index contributed by atoms with van der Waals surface area (Å²) in [7, 11) is 0. The number of hydrogen-bond donors (Lipinski definition) is 1. The molecule has 5 nitrogen and oxygen atoms in total. The first-order valence-electron chi connectivity index (χ1n) is 5.52. The molecule has 94 valence electrons. The van der Waals surface area contributed by atoms with Gasteiger partial charge in [-0.1, -0.05) is 0 Å². The quantitative estimate of drug-likeness (QED) is 0.785. The minimum absolute atomic E-state index is 0.407. The standard InChI is InChI=1S/C13H9BrN4O/c14-9-6-8(10-3-4-16-7-17-10)12(18-13(9)15)11-2-1-5-19-11/h1-7H,(H2,15,18). The third kappa shape index (κ3) is 2.22. The summed E-state index contributed by atoms with van der Waals surface area (Å²) in [5, 5.41) is 0. The van der Waals surface area contributed by atoms with Gasteiger partial charge in [0.1, 0.15) is 17.8 Å².